The maximum atomic E-state index is 12.0. The summed E-state index contributed by atoms with van der Waals surface area (Å²) in [5.74, 6) is 1.35. The van der Waals surface area contributed by atoms with Crippen molar-refractivity contribution in [3.63, 3.8) is 0 Å². The van der Waals surface area contributed by atoms with Crippen molar-refractivity contribution in [2.75, 3.05) is 31.6 Å². The predicted octanol–water partition coefficient (Wildman–Crippen LogP) is 2.97. The maximum Gasteiger partial charge on any atom is 0.246 e. The monoisotopic (exact) mass is 498 g/mol. The van der Waals surface area contributed by atoms with Gasteiger partial charge < -0.3 is 25.8 Å². The Morgan fingerprint density at radius 3 is 2.46 bits per heavy atom. The second kappa shape index (κ2) is 13.6. The van der Waals surface area contributed by atoms with Crippen LogP contribution in [0, 0.1) is 0 Å². The molecule has 0 fully saturated rings. The number of aromatic hydroxyl groups is 1. The van der Waals surface area contributed by atoms with E-state index in [4.69, 9.17) is 4.74 Å². The van der Waals surface area contributed by atoms with Crippen LogP contribution < -0.4 is 20.7 Å². The number of nitrogens with one attached hydrogen (secondary N) is 3. The van der Waals surface area contributed by atoms with Crippen LogP contribution in [0.25, 0.3) is 0 Å². The Hall–Kier alpha value is -2.49. The lowest BCUT2D eigenvalue weighted by atomic mass is 10.3. The van der Waals surface area contributed by atoms with Crippen molar-refractivity contribution in [2.45, 2.75) is 13.3 Å². The molecule has 28 heavy (non-hydrogen) atoms. The molecule has 0 spiro atoms. The summed E-state index contributed by atoms with van der Waals surface area (Å²) in [6.45, 7) is 3.94. The number of guanidine groups is 1. The molecule has 0 bridgehead atoms. The average Bonchev–Trinajstić information content (AvgIpc) is 2.68. The summed E-state index contributed by atoms with van der Waals surface area (Å²) in [5, 5.41) is 18.3. The van der Waals surface area contributed by atoms with Gasteiger partial charge in [-0.05, 0) is 49.7 Å². The SMILES string of the molecule is CCNC(=NCC(=O)Nc1ccc(O)cc1)NCCCOc1ccccc1.I. The Morgan fingerprint density at radius 1 is 1.07 bits per heavy atom. The fourth-order valence-electron chi connectivity index (χ4n) is 2.22. The molecule has 2 aromatic carbocycles. The number of amides is 1. The van der Waals surface area contributed by atoms with Gasteiger partial charge in [0.1, 0.15) is 18.0 Å². The van der Waals surface area contributed by atoms with Gasteiger partial charge in [0, 0.05) is 18.8 Å². The van der Waals surface area contributed by atoms with E-state index in [1.807, 2.05) is 37.3 Å². The van der Waals surface area contributed by atoms with Crippen molar-refractivity contribution >= 4 is 41.5 Å². The van der Waals surface area contributed by atoms with E-state index >= 15 is 0 Å². The zero-order valence-corrected chi connectivity index (χ0v) is 18.2. The van der Waals surface area contributed by atoms with Crippen molar-refractivity contribution in [2.24, 2.45) is 4.99 Å². The van der Waals surface area contributed by atoms with Crippen LogP contribution in [0.15, 0.2) is 59.6 Å². The normalized spacial score (nSPS) is 10.5. The molecule has 0 radical (unpaired) electrons. The second-order valence-electron chi connectivity index (χ2n) is 5.73. The molecule has 0 aromatic heterocycles. The molecular formula is C20H27IN4O3. The number of ether oxygens (including phenoxy) is 1. The van der Waals surface area contributed by atoms with E-state index in [0.29, 0.717) is 31.3 Å². The summed E-state index contributed by atoms with van der Waals surface area (Å²) < 4.78 is 5.64. The predicted molar refractivity (Wildman–Crippen MR) is 123 cm³/mol. The van der Waals surface area contributed by atoms with Crippen molar-refractivity contribution in [3.8, 4) is 11.5 Å². The first-order valence-corrected chi connectivity index (χ1v) is 8.96. The highest BCUT2D eigenvalue weighted by Gasteiger charge is 2.03. The Balaban J connectivity index is 0.00000392. The number of hydrogen-bond acceptors (Lipinski definition) is 4. The highest BCUT2D eigenvalue weighted by atomic mass is 127. The van der Waals surface area contributed by atoms with Gasteiger partial charge in [0.2, 0.25) is 5.91 Å². The van der Waals surface area contributed by atoms with E-state index in [1.165, 1.54) is 12.1 Å². The molecule has 152 valence electrons. The van der Waals surface area contributed by atoms with Crippen LogP contribution in [0.4, 0.5) is 5.69 Å². The lowest BCUT2D eigenvalue weighted by molar-refractivity contribution is -0.114. The topological polar surface area (TPSA) is 95.0 Å². The lowest BCUT2D eigenvalue weighted by Gasteiger charge is -2.12. The fourth-order valence-corrected chi connectivity index (χ4v) is 2.22. The molecule has 0 saturated carbocycles. The summed E-state index contributed by atoms with van der Waals surface area (Å²) in [5.41, 5.74) is 0.615. The van der Waals surface area contributed by atoms with E-state index in [9.17, 15) is 9.90 Å². The van der Waals surface area contributed by atoms with Crippen molar-refractivity contribution in [1.82, 2.24) is 10.6 Å². The van der Waals surface area contributed by atoms with Crippen LogP contribution >= 0.6 is 24.0 Å². The average molecular weight is 498 g/mol. The second-order valence-corrected chi connectivity index (χ2v) is 5.73. The molecule has 8 heteroatoms. The summed E-state index contributed by atoms with van der Waals surface area (Å²) in [6.07, 6.45) is 0.805. The van der Waals surface area contributed by atoms with Crippen LogP contribution in [0.2, 0.25) is 0 Å². The molecule has 4 N–H and O–H groups in total. The van der Waals surface area contributed by atoms with E-state index in [0.717, 1.165) is 12.2 Å². The third-order valence-electron chi connectivity index (χ3n) is 3.50. The van der Waals surface area contributed by atoms with Crippen LogP contribution in [-0.2, 0) is 4.79 Å². The van der Waals surface area contributed by atoms with Crippen molar-refractivity contribution in [1.29, 1.82) is 0 Å². The van der Waals surface area contributed by atoms with Gasteiger partial charge in [-0.2, -0.15) is 0 Å². The van der Waals surface area contributed by atoms with Gasteiger partial charge in [0.25, 0.3) is 0 Å². The molecule has 1 amide bonds. The molecule has 0 heterocycles. The first kappa shape index (κ1) is 23.5. The summed E-state index contributed by atoms with van der Waals surface area (Å²) in [6, 6.07) is 16.0. The summed E-state index contributed by atoms with van der Waals surface area (Å²) in [4.78, 5) is 16.3. The van der Waals surface area contributed by atoms with E-state index in [1.54, 1.807) is 12.1 Å². The molecule has 2 rings (SSSR count). The van der Waals surface area contributed by atoms with E-state index < -0.39 is 0 Å². The number of hydrogen-bond donors (Lipinski definition) is 4. The first-order chi connectivity index (χ1) is 13.2. The molecule has 0 aliphatic rings. The number of carbonyl (C=O) groups excluding carboxylic acids is 1. The van der Waals surface area contributed by atoms with Gasteiger partial charge in [0.15, 0.2) is 5.96 Å². The quantitative estimate of drug-likeness (QED) is 0.140. The zero-order chi connectivity index (χ0) is 19.3. The van der Waals surface area contributed by atoms with E-state index in [2.05, 4.69) is 20.9 Å². The Kier molecular flexibility index (Phi) is 11.5. The van der Waals surface area contributed by atoms with Gasteiger partial charge in [0.05, 0.1) is 6.61 Å². The van der Waals surface area contributed by atoms with E-state index in [-0.39, 0.29) is 42.2 Å². The minimum atomic E-state index is -0.231. The summed E-state index contributed by atoms with van der Waals surface area (Å²) in [7, 11) is 0. The van der Waals surface area contributed by atoms with Gasteiger partial charge in [-0.15, -0.1) is 24.0 Å². The van der Waals surface area contributed by atoms with Crippen LogP contribution in [-0.4, -0.2) is 43.2 Å². The number of halogens is 1. The van der Waals surface area contributed by atoms with Gasteiger partial charge in [-0.25, -0.2) is 4.99 Å². The number of aliphatic imine (C=N–C) groups is 1. The number of anilines is 1. The largest absolute Gasteiger partial charge is 0.508 e. The molecule has 0 aliphatic carbocycles. The molecule has 0 aliphatic heterocycles. The number of carbonyl (C=O) groups is 1. The number of rotatable bonds is 9. The van der Waals surface area contributed by atoms with Crippen LogP contribution in [0.1, 0.15) is 13.3 Å². The lowest BCUT2D eigenvalue weighted by Crippen LogP contribution is -2.38. The Labute approximate surface area is 182 Å². The van der Waals surface area contributed by atoms with Gasteiger partial charge >= 0.3 is 0 Å². The number of phenolic OH excluding ortho intramolecular Hbond substituents is 1. The minimum Gasteiger partial charge on any atom is -0.508 e. The highest BCUT2D eigenvalue weighted by molar-refractivity contribution is 14.0. The Morgan fingerprint density at radius 2 is 1.79 bits per heavy atom. The van der Waals surface area contributed by atoms with Crippen LogP contribution in [0.5, 0.6) is 11.5 Å². The van der Waals surface area contributed by atoms with Gasteiger partial charge in [-0.1, -0.05) is 18.2 Å². The molecule has 0 saturated heterocycles. The highest BCUT2D eigenvalue weighted by Crippen LogP contribution is 2.13. The van der Waals surface area contributed by atoms with Gasteiger partial charge in [-0.3, -0.25) is 4.79 Å². The molecule has 7 nitrogen and oxygen atoms in total. The Bertz CT molecular complexity index is 724. The summed E-state index contributed by atoms with van der Waals surface area (Å²) >= 11 is 0. The number of benzene rings is 2. The van der Waals surface area contributed by atoms with Crippen LogP contribution in [0.3, 0.4) is 0 Å². The minimum absolute atomic E-state index is 0. The van der Waals surface area contributed by atoms with Crippen molar-refractivity contribution in [3.05, 3.63) is 54.6 Å². The first-order valence-electron chi connectivity index (χ1n) is 8.96. The zero-order valence-electron chi connectivity index (χ0n) is 15.9. The smallest absolute Gasteiger partial charge is 0.246 e. The van der Waals surface area contributed by atoms with Crippen molar-refractivity contribution < 1.29 is 14.6 Å². The molecule has 2 aromatic rings. The standard InChI is InChI=1S/C20H26N4O3.HI/c1-2-21-20(22-13-6-14-27-18-7-4-3-5-8-18)23-15-19(26)24-16-9-11-17(25)12-10-16;/h3-5,7-12,25H,2,6,13-15H2,1H3,(H,24,26)(H2,21,22,23);1H. The fraction of sp³-hybridized carbons (Fsp3) is 0.300. The maximum absolute atomic E-state index is 12.0. The molecule has 0 atom stereocenters. The molecule has 0 unspecified atom stereocenters. The molecular weight excluding hydrogens is 471 g/mol. The third kappa shape index (κ3) is 9.45. The number of nitrogens with zero attached hydrogens (tertiary/aromatic N) is 1. The third-order valence-corrected chi connectivity index (χ3v) is 3.50. The number of phenols is 1. The number of para-hydroxylation sites is 1.